The zero-order chi connectivity index (χ0) is 22.5. The summed E-state index contributed by atoms with van der Waals surface area (Å²) < 4.78 is 5.22. The summed E-state index contributed by atoms with van der Waals surface area (Å²) in [6.07, 6.45) is 0.810. The van der Waals surface area contributed by atoms with E-state index < -0.39 is 18.0 Å². The fraction of sp³-hybridized carbons (Fsp3) is 0.375. The third kappa shape index (κ3) is 5.05. The summed E-state index contributed by atoms with van der Waals surface area (Å²) in [5.41, 5.74) is 2.27. The molecule has 1 aliphatic heterocycles. The van der Waals surface area contributed by atoms with Crippen molar-refractivity contribution in [2.24, 2.45) is 5.92 Å². The molecule has 2 aromatic carbocycles. The van der Waals surface area contributed by atoms with Crippen molar-refractivity contribution in [3.63, 3.8) is 0 Å². The summed E-state index contributed by atoms with van der Waals surface area (Å²) in [6, 6.07) is 13.1. The van der Waals surface area contributed by atoms with Crippen LogP contribution in [0.5, 0.6) is 5.75 Å². The molecule has 1 N–H and O–H groups in total. The first-order valence-corrected chi connectivity index (χ1v) is 10.5. The minimum Gasteiger partial charge on any atom is -0.497 e. The van der Waals surface area contributed by atoms with Gasteiger partial charge in [0.25, 0.3) is 5.91 Å². The van der Waals surface area contributed by atoms with Crippen molar-refractivity contribution < 1.29 is 19.1 Å². The number of rotatable bonds is 8. The summed E-state index contributed by atoms with van der Waals surface area (Å²) in [5.74, 6) is -0.0218. The van der Waals surface area contributed by atoms with Gasteiger partial charge >= 0.3 is 6.03 Å². The third-order valence-corrected chi connectivity index (χ3v) is 5.22. The van der Waals surface area contributed by atoms with Crippen LogP contribution in [0.2, 0.25) is 0 Å². The number of ether oxygens (including phenoxy) is 1. The average Bonchev–Trinajstić information content (AvgIpc) is 2.97. The number of carbonyl (C=O) groups is 3. The van der Waals surface area contributed by atoms with Crippen LogP contribution in [0.4, 0.5) is 16.2 Å². The second-order valence-electron chi connectivity index (χ2n) is 8.02. The molecule has 1 fully saturated rings. The molecule has 0 saturated carbocycles. The van der Waals surface area contributed by atoms with E-state index in [9.17, 15) is 14.4 Å². The lowest BCUT2D eigenvalue weighted by atomic mass is 10.1. The Hall–Kier alpha value is -3.35. The van der Waals surface area contributed by atoms with Gasteiger partial charge in [0.05, 0.1) is 19.2 Å². The Balaban J connectivity index is 1.81. The smallest absolute Gasteiger partial charge is 0.332 e. The van der Waals surface area contributed by atoms with E-state index in [1.807, 2.05) is 38.1 Å². The Bertz CT molecular complexity index is 956. The quantitative estimate of drug-likeness (QED) is 0.649. The summed E-state index contributed by atoms with van der Waals surface area (Å²) in [6.45, 7) is 6.39. The molecule has 4 amide bonds. The highest BCUT2D eigenvalue weighted by molar-refractivity contribution is 6.22. The molecule has 0 aromatic heterocycles. The first-order valence-electron chi connectivity index (χ1n) is 10.5. The molecule has 1 aliphatic rings. The van der Waals surface area contributed by atoms with Crippen LogP contribution in [0, 0.1) is 5.92 Å². The monoisotopic (exact) mass is 423 g/mol. The standard InChI is InChI=1S/C24H29N3O4/c1-5-17-9-11-18(12-10-17)25-22(28)14-21-23(29)27(24(30)26(21)15-16(2)3)19-7-6-8-20(13-19)31-4/h6-13,16,21H,5,14-15H2,1-4H3,(H,25,28)/t21-/m0/s1. The first-order chi connectivity index (χ1) is 14.8. The van der Waals surface area contributed by atoms with E-state index in [0.717, 1.165) is 11.3 Å². The van der Waals surface area contributed by atoms with Crippen LogP contribution in [-0.2, 0) is 16.0 Å². The topological polar surface area (TPSA) is 79.0 Å². The molecule has 1 saturated heterocycles. The Morgan fingerprint density at radius 3 is 2.45 bits per heavy atom. The number of hydrogen-bond donors (Lipinski definition) is 1. The zero-order valence-corrected chi connectivity index (χ0v) is 18.4. The molecule has 1 atom stereocenters. The lowest BCUT2D eigenvalue weighted by molar-refractivity contribution is -0.124. The number of nitrogens with one attached hydrogen (secondary N) is 1. The zero-order valence-electron chi connectivity index (χ0n) is 18.4. The maximum absolute atomic E-state index is 13.2. The number of methoxy groups -OCH3 is 1. The van der Waals surface area contributed by atoms with Gasteiger partial charge in [-0.25, -0.2) is 9.69 Å². The number of urea groups is 1. The van der Waals surface area contributed by atoms with Gasteiger partial charge in [0.15, 0.2) is 0 Å². The van der Waals surface area contributed by atoms with Gasteiger partial charge in [-0.15, -0.1) is 0 Å². The van der Waals surface area contributed by atoms with Crippen molar-refractivity contribution in [2.45, 2.75) is 39.7 Å². The molecule has 3 rings (SSSR count). The van der Waals surface area contributed by atoms with Crippen molar-refractivity contribution in [2.75, 3.05) is 23.9 Å². The van der Waals surface area contributed by atoms with Gasteiger partial charge in [-0.1, -0.05) is 39.0 Å². The van der Waals surface area contributed by atoms with E-state index in [-0.39, 0.29) is 18.2 Å². The second-order valence-corrected chi connectivity index (χ2v) is 8.02. The summed E-state index contributed by atoms with van der Waals surface area (Å²) in [4.78, 5) is 41.7. The number of anilines is 2. The number of imide groups is 1. The molecule has 0 unspecified atom stereocenters. The Kier molecular flexibility index (Phi) is 6.95. The highest BCUT2D eigenvalue weighted by Gasteiger charge is 2.46. The average molecular weight is 424 g/mol. The number of hydrogen-bond acceptors (Lipinski definition) is 4. The fourth-order valence-corrected chi connectivity index (χ4v) is 3.63. The highest BCUT2D eigenvalue weighted by atomic mass is 16.5. The van der Waals surface area contributed by atoms with Crippen LogP contribution in [-0.4, -0.2) is 42.4 Å². The van der Waals surface area contributed by atoms with Gasteiger partial charge in [-0.2, -0.15) is 0 Å². The van der Waals surface area contributed by atoms with E-state index >= 15 is 0 Å². The van der Waals surface area contributed by atoms with E-state index in [2.05, 4.69) is 12.2 Å². The van der Waals surface area contributed by atoms with Crippen LogP contribution >= 0.6 is 0 Å². The molecule has 31 heavy (non-hydrogen) atoms. The van der Waals surface area contributed by atoms with Crippen LogP contribution in [0.25, 0.3) is 0 Å². The van der Waals surface area contributed by atoms with Crippen molar-refractivity contribution in [3.05, 3.63) is 54.1 Å². The van der Waals surface area contributed by atoms with Crippen molar-refractivity contribution in [1.82, 2.24) is 4.90 Å². The van der Waals surface area contributed by atoms with E-state index in [0.29, 0.717) is 23.7 Å². The summed E-state index contributed by atoms with van der Waals surface area (Å²) in [7, 11) is 1.53. The van der Waals surface area contributed by atoms with Gasteiger partial charge in [0, 0.05) is 18.3 Å². The van der Waals surface area contributed by atoms with Crippen molar-refractivity contribution >= 4 is 29.2 Å². The lowest BCUT2D eigenvalue weighted by Crippen LogP contribution is -2.40. The third-order valence-electron chi connectivity index (χ3n) is 5.22. The van der Waals surface area contributed by atoms with Gasteiger partial charge < -0.3 is 15.0 Å². The minimum atomic E-state index is -0.851. The Morgan fingerprint density at radius 2 is 1.84 bits per heavy atom. The molecule has 7 heteroatoms. The molecule has 0 spiro atoms. The number of aryl methyl sites for hydroxylation is 1. The molecule has 7 nitrogen and oxygen atoms in total. The fourth-order valence-electron chi connectivity index (χ4n) is 3.63. The van der Waals surface area contributed by atoms with Crippen LogP contribution < -0.4 is 15.0 Å². The number of carbonyl (C=O) groups excluding carboxylic acids is 3. The van der Waals surface area contributed by atoms with E-state index in [4.69, 9.17) is 4.74 Å². The van der Waals surface area contributed by atoms with Crippen LogP contribution in [0.3, 0.4) is 0 Å². The van der Waals surface area contributed by atoms with E-state index in [1.54, 1.807) is 24.3 Å². The molecule has 2 aromatic rings. The number of benzene rings is 2. The van der Waals surface area contributed by atoms with Crippen LogP contribution in [0.1, 0.15) is 32.8 Å². The predicted molar refractivity (Wildman–Crippen MR) is 120 cm³/mol. The van der Waals surface area contributed by atoms with Gasteiger partial charge in [-0.05, 0) is 42.2 Å². The largest absolute Gasteiger partial charge is 0.497 e. The molecule has 0 aliphatic carbocycles. The summed E-state index contributed by atoms with van der Waals surface area (Å²) >= 11 is 0. The molecular formula is C24H29N3O4. The Morgan fingerprint density at radius 1 is 1.13 bits per heavy atom. The Labute approximate surface area is 183 Å². The first kappa shape index (κ1) is 22.3. The maximum atomic E-state index is 13.2. The molecule has 0 radical (unpaired) electrons. The summed E-state index contributed by atoms with van der Waals surface area (Å²) in [5, 5.41) is 2.83. The van der Waals surface area contributed by atoms with Crippen molar-refractivity contribution in [3.8, 4) is 5.75 Å². The van der Waals surface area contributed by atoms with Gasteiger partial charge in [0.2, 0.25) is 5.91 Å². The highest BCUT2D eigenvalue weighted by Crippen LogP contribution is 2.30. The number of nitrogens with zero attached hydrogens (tertiary/aromatic N) is 2. The van der Waals surface area contributed by atoms with Crippen molar-refractivity contribution in [1.29, 1.82) is 0 Å². The minimum absolute atomic E-state index is 0.104. The van der Waals surface area contributed by atoms with E-state index in [1.165, 1.54) is 17.6 Å². The molecule has 1 heterocycles. The second kappa shape index (κ2) is 9.64. The lowest BCUT2D eigenvalue weighted by Gasteiger charge is -2.23. The van der Waals surface area contributed by atoms with Gasteiger partial charge in [0.1, 0.15) is 11.8 Å². The van der Waals surface area contributed by atoms with Crippen LogP contribution in [0.15, 0.2) is 48.5 Å². The SMILES string of the molecule is CCc1ccc(NC(=O)C[C@H]2C(=O)N(c3cccc(OC)c3)C(=O)N2CC(C)C)cc1. The number of amides is 4. The molecular weight excluding hydrogens is 394 g/mol. The maximum Gasteiger partial charge on any atom is 0.332 e. The molecule has 164 valence electrons. The molecule has 0 bridgehead atoms. The van der Waals surface area contributed by atoms with Gasteiger partial charge in [-0.3, -0.25) is 9.59 Å². The normalized spacial score (nSPS) is 16.2. The predicted octanol–water partition coefficient (Wildman–Crippen LogP) is 4.08.